The minimum absolute atomic E-state index is 0.516. The molecule has 1 aliphatic rings. The van der Waals surface area contributed by atoms with E-state index in [0.717, 1.165) is 12.2 Å². The molecular weight excluding hydrogens is 236 g/mol. The highest BCUT2D eigenvalue weighted by atomic mass is 15.1. The summed E-state index contributed by atoms with van der Waals surface area (Å²) in [5.74, 6) is 1.19. The molecule has 19 heavy (non-hydrogen) atoms. The highest BCUT2D eigenvalue weighted by Gasteiger charge is 2.15. The van der Waals surface area contributed by atoms with Gasteiger partial charge in [-0.3, -0.25) is 4.99 Å². The molecule has 1 heterocycles. The third-order valence-corrected chi connectivity index (χ3v) is 3.68. The molecule has 2 rings (SSSR count). The summed E-state index contributed by atoms with van der Waals surface area (Å²) in [7, 11) is 2.17. The lowest BCUT2D eigenvalue weighted by Gasteiger charge is -2.27. The molecule has 0 radical (unpaired) electrons. The fraction of sp³-hybridized carbons (Fsp3) is 0.533. The maximum Gasteiger partial charge on any atom is 0.193 e. The van der Waals surface area contributed by atoms with Gasteiger partial charge in [-0.2, -0.15) is 0 Å². The van der Waals surface area contributed by atoms with Gasteiger partial charge >= 0.3 is 0 Å². The summed E-state index contributed by atoms with van der Waals surface area (Å²) < 4.78 is 0. The van der Waals surface area contributed by atoms with Gasteiger partial charge in [-0.25, -0.2) is 0 Å². The van der Waals surface area contributed by atoms with Crippen LogP contribution in [0.15, 0.2) is 29.3 Å². The average Bonchev–Trinajstić information content (AvgIpc) is 2.41. The van der Waals surface area contributed by atoms with E-state index in [0.29, 0.717) is 11.9 Å². The van der Waals surface area contributed by atoms with Crippen LogP contribution < -0.4 is 11.1 Å². The SMILES string of the molecule is Cc1ccc(NC(N)=NCC2CCN(C)CC2)cc1. The lowest BCUT2D eigenvalue weighted by molar-refractivity contribution is 0.224. The fourth-order valence-corrected chi connectivity index (χ4v) is 2.30. The number of nitrogens with one attached hydrogen (secondary N) is 1. The minimum Gasteiger partial charge on any atom is -0.370 e. The Kier molecular flexibility index (Phi) is 4.80. The predicted molar refractivity (Wildman–Crippen MR) is 81.5 cm³/mol. The van der Waals surface area contributed by atoms with E-state index >= 15 is 0 Å². The van der Waals surface area contributed by atoms with E-state index in [1.54, 1.807) is 0 Å². The normalized spacial score (nSPS) is 18.5. The first-order valence-corrected chi connectivity index (χ1v) is 6.95. The van der Waals surface area contributed by atoms with Crippen molar-refractivity contribution in [2.75, 3.05) is 32.0 Å². The second kappa shape index (κ2) is 6.57. The molecule has 0 atom stereocenters. The van der Waals surface area contributed by atoms with Crippen LogP contribution in [0.1, 0.15) is 18.4 Å². The molecule has 3 N–H and O–H groups in total. The van der Waals surface area contributed by atoms with E-state index in [1.807, 2.05) is 12.1 Å². The van der Waals surface area contributed by atoms with Gasteiger partial charge in [0.1, 0.15) is 0 Å². The molecule has 0 saturated carbocycles. The van der Waals surface area contributed by atoms with Crippen molar-refractivity contribution in [3.05, 3.63) is 29.8 Å². The maximum absolute atomic E-state index is 5.92. The largest absolute Gasteiger partial charge is 0.370 e. The van der Waals surface area contributed by atoms with Gasteiger partial charge in [0.15, 0.2) is 5.96 Å². The summed E-state index contributed by atoms with van der Waals surface area (Å²) >= 11 is 0. The van der Waals surface area contributed by atoms with Gasteiger partial charge in [-0.1, -0.05) is 17.7 Å². The minimum atomic E-state index is 0.516. The number of likely N-dealkylation sites (tertiary alicyclic amines) is 1. The molecule has 1 aliphatic heterocycles. The Morgan fingerprint density at radius 3 is 2.58 bits per heavy atom. The third kappa shape index (κ3) is 4.56. The smallest absolute Gasteiger partial charge is 0.193 e. The quantitative estimate of drug-likeness (QED) is 0.646. The van der Waals surface area contributed by atoms with Crippen molar-refractivity contribution in [3.8, 4) is 0 Å². The van der Waals surface area contributed by atoms with Gasteiger partial charge < -0.3 is 16.0 Å². The zero-order chi connectivity index (χ0) is 13.7. The number of guanidine groups is 1. The van der Waals surface area contributed by atoms with Crippen molar-refractivity contribution in [3.63, 3.8) is 0 Å². The molecule has 1 fully saturated rings. The van der Waals surface area contributed by atoms with Gasteiger partial charge in [0.05, 0.1) is 0 Å². The Hall–Kier alpha value is -1.55. The van der Waals surface area contributed by atoms with Crippen LogP contribution in [0.2, 0.25) is 0 Å². The summed E-state index contributed by atoms with van der Waals surface area (Å²) in [6.45, 7) is 5.25. The molecule has 0 aromatic heterocycles. The highest BCUT2D eigenvalue weighted by molar-refractivity contribution is 5.92. The van der Waals surface area contributed by atoms with Gasteiger partial charge in [0, 0.05) is 12.2 Å². The van der Waals surface area contributed by atoms with Crippen LogP contribution in [0, 0.1) is 12.8 Å². The second-order valence-corrected chi connectivity index (χ2v) is 5.46. The second-order valence-electron chi connectivity index (χ2n) is 5.46. The van der Waals surface area contributed by atoms with Gasteiger partial charge in [0.2, 0.25) is 0 Å². The van der Waals surface area contributed by atoms with Crippen molar-refractivity contribution in [1.82, 2.24) is 4.90 Å². The third-order valence-electron chi connectivity index (χ3n) is 3.68. The van der Waals surface area contributed by atoms with Gasteiger partial charge in [0.25, 0.3) is 0 Å². The van der Waals surface area contributed by atoms with E-state index in [4.69, 9.17) is 5.73 Å². The van der Waals surface area contributed by atoms with E-state index < -0.39 is 0 Å². The topological polar surface area (TPSA) is 53.6 Å². The Labute approximate surface area is 115 Å². The fourth-order valence-electron chi connectivity index (χ4n) is 2.30. The molecule has 0 bridgehead atoms. The molecule has 4 heteroatoms. The molecular formula is C15H24N4. The van der Waals surface area contributed by atoms with Crippen LogP contribution in [0.5, 0.6) is 0 Å². The number of benzene rings is 1. The van der Waals surface area contributed by atoms with E-state index in [9.17, 15) is 0 Å². The van der Waals surface area contributed by atoms with E-state index in [1.165, 1.54) is 31.5 Å². The zero-order valence-corrected chi connectivity index (χ0v) is 11.9. The van der Waals surface area contributed by atoms with Crippen LogP contribution in [0.4, 0.5) is 5.69 Å². The van der Waals surface area contributed by atoms with Crippen LogP contribution in [-0.4, -0.2) is 37.5 Å². The number of aliphatic imine (C=N–C) groups is 1. The lowest BCUT2D eigenvalue weighted by Crippen LogP contribution is -2.32. The summed E-state index contributed by atoms with van der Waals surface area (Å²) in [5.41, 5.74) is 8.16. The molecule has 0 amide bonds. The molecule has 0 aliphatic carbocycles. The number of hydrogen-bond acceptors (Lipinski definition) is 2. The summed E-state index contributed by atoms with van der Waals surface area (Å²) in [6.07, 6.45) is 2.44. The molecule has 4 nitrogen and oxygen atoms in total. The number of aryl methyl sites for hydroxylation is 1. The molecule has 1 aromatic carbocycles. The van der Waals surface area contributed by atoms with Crippen molar-refractivity contribution < 1.29 is 0 Å². The molecule has 0 spiro atoms. The first-order valence-electron chi connectivity index (χ1n) is 6.95. The molecule has 104 valence electrons. The Bertz CT molecular complexity index is 416. The van der Waals surface area contributed by atoms with Crippen molar-refractivity contribution >= 4 is 11.6 Å². The number of nitrogens with two attached hydrogens (primary N) is 1. The van der Waals surface area contributed by atoms with Crippen molar-refractivity contribution in [1.29, 1.82) is 0 Å². The Balaban J connectivity index is 1.80. The molecule has 1 aromatic rings. The zero-order valence-electron chi connectivity index (χ0n) is 11.9. The summed E-state index contributed by atoms with van der Waals surface area (Å²) in [4.78, 5) is 6.82. The number of rotatable bonds is 3. The van der Waals surface area contributed by atoms with Crippen molar-refractivity contribution in [2.24, 2.45) is 16.6 Å². The van der Waals surface area contributed by atoms with Crippen molar-refractivity contribution in [2.45, 2.75) is 19.8 Å². The van der Waals surface area contributed by atoms with Gasteiger partial charge in [-0.05, 0) is 58.0 Å². The van der Waals surface area contributed by atoms with Crippen LogP contribution in [-0.2, 0) is 0 Å². The molecule has 1 saturated heterocycles. The van der Waals surface area contributed by atoms with Gasteiger partial charge in [-0.15, -0.1) is 0 Å². The summed E-state index contributed by atoms with van der Waals surface area (Å²) in [6, 6.07) is 8.17. The van der Waals surface area contributed by atoms with Crippen LogP contribution in [0.3, 0.4) is 0 Å². The standard InChI is InChI=1S/C15H24N4/c1-12-3-5-14(6-4-12)18-15(16)17-11-13-7-9-19(2)10-8-13/h3-6,13H,7-11H2,1-2H3,(H3,16,17,18). The molecule has 0 unspecified atom stereocenters. The van der Waals surface area contributed by atoms with E-state index in [-0.39, 0.29) is 0 Å². The first-order chi connectivity index (χ1) is 9.13. The van der Waals surface area contributed by atoms with Crippen LogP contribution >= 0.6 is 0 Å². The highest BCUT2D eigenvalue weighted by Crippen LogP contribution is 2.16. The summed E-state index contributed by atoms with van der Waals surface area (Å²) in [5, 5.41) is 3.13. The monoisotopic (exact) mass is 260 g/mol. The maximum atomic E-state index is 5.92. The first kappa shape index (κ1) is 13.9. The number of anilines is 1. The van der Waals surface area contributed by atoms with Crippen LogP contribution in [0.25, 0.3) is 0 Å². The lowest BCUT2D eigenvalue weighted by atomic mass is 9.97. The Morgan fingerprint density at radius 1 is 1.32 bits per heavy atom. The number of hydrogen-bond donors (Lipinski definition) is 2. The Morgan fingerprint density at radius 2 is 1.95 bits per heavy atom. The number of piperidine rings is 1. The number of nitrogens with zero attached hydrogens (tertiary/aromatic N) is 2. The predicted octanol–water partition coefficient (Wildman–Crippen LogP) is 2.06. The average molecular weight is 260 g/mol. The van der Waals surface area contributed by atoms with E-state index in [2.05, 4.69) is 41.3 Å².